The number of hydrogen-bond donors (Lipinski definition) is 0. The van der Waals surface area contributed by atoms with Crippen molar-refractivity contribution in [1.82, 2.24) is 14.5 Å². The van der Waals surface area contributed by atoms with Crippen LogP contribution >= 0.6 is 0 Å². The van der Waals surface area contributed by atoms with Gasteiger partial charge in [0.15, 0.2) is 11.6 Å². The van der Waals surface area contributed by atoms with E-state index in [1.54, 1.807) is 24.3 Å². The summed E-state index contributed by atoms with van der Waals surface area (Å²) in [4.78, 5) is 4.23. The number of benzene rings is 1. The van der Waals surface area contributed by atoms with Crippen LogP contribution < -0.4 is 14.5 Å². The maximum atomic E-state index is 12.9. The first-order valence-electron chi connectivity index (χ1n) is 8.91. The van der Waals surface area contributed by atoms with Gasteiger partial charge in [-0.3, -0.25) is 0 Å². The van der Waals surface area contributed by atoms with Crippen molar-refractivity contribution in [3.05, 3.63) is 36.4 Å². The van der Waals surface area contributed by atoms with Crippen LogP contribution in [-0.2, 0) is 10.0 Å². The molecule has 3 rings (SSSR count). The molecule has 8 nitrogen and oxygen atoms in total. The average molecular weight is 391 g/mol. The number of ether oxygens (including phenoxy) is 1. The molecule has 0 saturated carbocycles. The topological polar surface area (TPSA) is 78.9 Å². The Bertz CT molecular complexity index is 846. The molecular weight excluding hydrogens is 366 g/mol. The highest BCUT2D eigenvalue weighted by Crippen LogP contribution is 2.22. The van der Waals surface area contributed by atoms with Crippen LogP contribution in [0.5, 0.6) is 5.75 Å². The SMILES string of the molecule is CCOc1ccc(S(=O)(=O)N2CCN(c3ccc(N(C)C)nn3)CC2)cc1. The van der Waals surface area contributed by atoms with Gasteiger partial charge in [0.05, 0.1) is 11.5 Å². The number of anilines is 2. The van der Waals surface area contributed by atoms with Gasteiger partial charge in [-0.15, -0.1) is 10.2 Å². The molecule has 0 bridgehead atoms. The van der Waals surface area contributed by atoms with Gasteiger partial charge in [0.25, 0.3) is 0 Å². The van der Waals surface area contributed by atoms with Gasteiger partial charge in [-0.25, -0.2) is 8.42 Å². The first-order chi connectivity index (χ1) is 12.9. The Labute approximate surface area is 160 Å². The van der Waals surface area contributed by atoms with Crippen LogP contribution in [0.3, 0.4) is 0 Å². The number of rotatable bonds is 6. The molecule has 1 aliphatic heterocycles. The number of hydrogen-bond acceptors (Lipinski definition) is 7. The van der Waals surface area contributed by atoms with Gasteiger partial charge in [0, 0.05) is 40.3 Å². The second-order valence-electron chi connectivity index (χ2n) is 6.44. The molecule has 0 radical (unpaired) electrons. The maximum Gasteiger partial charge on any atom is 0.243 e. The Morgan fingerprint density at radius 2 is 1.67 bits per heavy atom. The molecule has 0 N–H and O–H groups in total. The summed E-state index contributed by atoms with van der Waals surface area (Å²) in [5.41, 5.74) is 0. The molecule has 1 aromatic heterocycles. The monoisotopic (exact) mass is 391 g/mol. The minimum atomic E-state index is -3.51. The van der Waals surface area contributed by atoms with Crippen LogP contribution in [0.25, 0.3) is 0 Å². The van der Waals surface area contributed by atoms with Crippen molar-refractivity contribution in [2.75, 3.05) is 56.7 Å². The Balaban J connectivity index is 1.65. The largest absolute Gasteiger partial charge is 0.494 e. The van der Waals surface area contributed by atoms with E-state index < -0.39 is 10.0 Å². The minimum absolute atomic E-state index is 0.287. The lowest BCUT2D eigenvalue weighted by Crippen LogP contribution is -2.49. The minimum Gasteiger partial charge on any atom is -0.494 e. The third-order valence-electron chi connectivity index (χ3n) is 4.43. The summed E-state index contributed by atoms with van der Waals surface area (Å²) >= 11 is 0. The third kappa shape index (κ3) is 4.30. The van der Waals surface area contributed by atoms with E-state index in [9.17, 15) is 8.42 Å². The zero-order valence-corrected chi connectivity index (χ0v) is 16.7. The second kappa shape index (κ2) is 8.10. The van der Waals surface area contributed by atoms with Gasteiger partial charge in [-0.1, -0.05) is 0 Å². The quantitative estimate of drug-likeness (QED) is 0.737. The number of aromatic nitrogens is 2. The molecule has 1 fully saturated rings. The van der Waals surface area contributed by atoms with Crippen molar-refractivity contribution in [2.24, 2.45) is 0 Å². The van der Waals surface area contributed by atoms with Crippen LogP contribution in [0.15, 0.2) is 41.3 Å². The normalized spacial score (nSPS) is 15.6. The zero-order valence-electron chi connectivity index (χ0n) is 15.9. The van der Waals surface area contributed by atoms with Gasteiger partial charge in [0.1, 0.15) is 5.75 Å². The fourth-order valence-electron chi connectivity index (χ4n) is 2.91. The second-order valence-corrected chi connectivity index (χ2v) is 8.38. The first-order valence-corrected chi connectivity index (χ1v) is 10.3. The van der Waals surface area contributed by atoms with Crippen molar-refractivity contribution in [3.8, 4) is 5.75 Å². The van der Waals surface area contributed by atoms with Gasteiger partial charge >= 0.3 is 0 Å². The van der Waals surface area contributed by atoms with Crippen molar-refractivity contribution in [2.45, 2.75) is 11.8 Å². The lowest BCUT2D eigenvalue weighted by atomic mass is 10.3. The third-order valence-corrected chi connectivity index (χ3v) is 6.34. The standard InChI is InChI=1S/C18H25N5O3S/c1-4-26-15-5-7-16(8-6-15)27(24,25)23-13-11-22(12-14-23)18-10-9-17(19-20-18)21(2)3/h5-10H,4,11-14H2,1-3H3. The molecule has 0 unspecified atom stereocenters. The summed E-state index contributed by atoms with van der Waals surface area (Å²) in [7, 11) is 0.313. The lowest BCUT2D eigenvalue weighted by Gasteiger charge is -2.34. The molecule has 0 aliphatic carbocycles. The molecular formula is C18H25N5O3S. The van der Waals surface area contributed by atoms with E-state index in [0.717, 1.165) is 11.6 Å². The van der Waals surface area contributed by atoms with Crippen molar-refractivity contribution >= 4 is 21.7 Å². The van der Waals surface area contributed by atoms with E-state index in [-0.39, 0.29) is 4.90 Å². The highest BCUT2D eigenvalue weighted by Gasteiger charge is 2.29. The molecule has 0 atom stereocenters. The van der Waals surface area contributed by atoms with Gasteiger partial charge in [0.2, 0.25) is 10.0 Å². The lowest BCUT2D eigenvalue weighted by molar-refractivity contribution is 0.340. The Hall–Kier alpha value is -2.39. The van der Waals surface area contributed by atoms with Crippen molar-refractivity contribution in [1.29, 1.82) is 0 Å². The van der Waals surface area contributed by atoms with E-state index in [1.165, 1.54) is 4.31 Å². The first kappa shape index (κ1) is 19.4. The van der Waals surface area contributed by atoms with Gasteiger partial charge in [-0.05, 0) is 43.3 Å². The molecule has 9 heteroatoms. The molecule has 1 aliphatic rings. The molecule has 2 aromatic rings. The van der Waals surface area contributed by atoms with Crippen LogP contribution in [0.2, 0.25) is 0 Å². The van der Waals surface area contributed by atoms with Crippen molar-refractivity contribution < 1.29 is 13.2 Å². The van der Waals surface area contributed by atoms with E-state index in [0.29, 0.717) is 38.5 Å². The summed E-state index contributed by atoms with van der Waals surface area (Å²) in [5.74, 6) is 2.22. The van der Waals surface area contributed by atoms with E-state index >= 15 is 0 Å². The van der Waals surface area contributed by atoms with E-state index in [2.05, 4.69) is 15.1 Å². The van der Waals surface area contributed by atoms with Crippen LogP contribution in [-0.4, -0.2) is 69.8 Å². The molecule has 146 valence electrons. The van der Waals surface area contributed by atoms with Crippen LogP contribution in [0, 0.1) is 0 Å². The fourth-order valence-corrected chi connectivity index (χ4v) is 4.33. The highest BCUT2D eigenvalue weighted by molar-refractivity contribution is 7.89. The number of sulfonamides is 1. The molecule has 1 saturated heterocycles. The van der Waals surface area contributed by atoms with Gasteiger partial charge in [-0.2, -0.15) is 4.31 Å². The summed E-state index contributed by atoms with van der Waals surface area (Å²) in [6, 6.07) is 10.4. The van der Waals surface area contributed by atoms with Crippen LogP contribution in [0.1, 0.15) is 6.92 Å². The maximum absolute atomic E-state index is 12.9. The predicted molar refractivity (Wildman–Crippen MR) is 105 cm³/mol. The molecule has 2 heterocycles. The van der Waals surface area contributed by atoms with Gasteiger partial charge < -0.3 is 14.5 Å². The Morgan fingerprint density at radius 1 is 1.00 bits per heavy atom. The van der Waals surface area contributed by atoms with Crippen LogP contribution in [0.4, 0.5) is 11.6 Å². The zero-order chi connectivity index (χ0) is 19.4. The summed E-state index contributed by atoms with van der Waals surface area (Å²) in [6.45, 7) is 4.41. The van der Waals surface area contributed by atoms with Crippen molar-refractivity contribution in [3.63, 3.8) is 0 Å². The molecule has 27 heavy (non-hydrogen) atoms. The summed E-state index contributed by atoms with van der Waals surface area (Å²) in [6.07, 6.45) is 0. The molecule has 1 aromatic carbocycles. The molecule has 0 amide bonds. The van der Waals surface area contributed by atoms with E-state index in [1.807, 2.05) is 38.1 Å². The number of piperazine rings is 1. The van der Waals surface area contributed by atoms with E-state index in [4.69, 9.17) is 4.74 Å². The number of nitrogens with zero attached hydrogens (tertiary/aromatic N) is 5. The Kier molecular flexibility index (Phi) is 5.81. The average Bonchev–Trinajstić information content (AvgIpc) is 2.69. The predicted octanol–water partition coefficient (Wildman–Crippen LogP) is 1.45. The summed E-state index contributed by atoms with van der Waals surface area (Å²) in [5, 5.41) is 8.43. The fraction of sp³-hybridized carbons (Fsp3) is 0.444. The smallest absolute Gasteiger partial charge is 0.243 e. The highest BCUT2D eigenvalue weighted by atomic mass is 32.2. The summed E-state index contributed by atoms with van der Waals surface area (Å²) < 4.78 is 32.6. The molecule has 0 spiro atoms. The Morgan fingerprint density at radius 3 is 2.19 bits per heavy atom.